The molecule has 0 bridgehead atoms. The van der Waals surface area contributed by atoms with E-state index >= 15 is 0 Å². The molecule has 1 atom stereocenters. The first-order valence-corrected chi connectivity index (χ1v) is 6.82. The fraction of sp³-hybridized carbons (Fsp3) is 0.294. The largest absolute Gasteiger partial charge is 0.497 e. The molecule has 0 fully saturated rings. The van der Waals surface area contributed by atoms with Gasteiger partial charge in [0.05, 0.1) is 13.2 Å². The van der Waals surface area contributed by atoms with Crippen molar-refractivity contribution in [2.75, 3.05) is 19.0 Å². The molecule has 2 aromatic rings. The Labute approximate surface area is 120 Å². The van der Waals surface area contributed by atoms with E-state index in [2.05, 4.69) is 37.4 Å². The van der Waals surface area contributed by atoms with Crippen molar-refractivity contribution in [1.82, 2.24) is 0 Å². The van der Waals surface area contributed by atoms with Gasteiger partial charge >= 0.3 is 0 Å². The standard InChI is InChI=1S/C17H22N2O/c1-12-5-4-6-16(13(12)2)17(11-18)19-14-7-9-15(20-3)10-8-14/h4-10,17,19H,11,18H2,1-3H3. The molecule has 2 aromatic carbocycles. The van der Waals surface area contributed by atoms with Crippen molar-refractivity contribution in [2.24, 2.45) is 5.73 Å². The Morgan fingerprint density at radius 2 is 1.80 bits per heavy atom. The van der Waals surface area contributed by atoms with E-state index in [0.717, 1.165) is 11.4 Å². The van der Waals surface area contributed by atoms with Gasteiger partial charge in [0.15, 0.2) is 0 Å². The van der Waals surface area contributed by atoms with Crippen LogP contribution in [0.25, 0.3) is 0 Å². The maximum absolute atomic E-state index is 5.94. The van der Waals surface area contributed by atoms with E-state index in [1.54, 1.807) is 7.11 Å². The molecule has 0 amide bonds. The van der Waals surface area contributed by atoms with Gasteiger partial charge in [-0.3, -0.25) is 0 Å². The Hall–Kier alpha value is -2.00. The van der Waals surface area contributed by atoms with Crippen LogP contribution in [-0.4, -0.2) is 13.7 Å². The Balaban J connectivity index is 2.21. The molecule has 0 heterocycles. The van der Waals surface area contributed by atoms with Gasteiger partial charge in [-0.25, -0.2) is 0 Å². The first-order chi connectivity index (χ1) is 9.65. The van der Waals surface area contributed by atoms with Gasteiger partial charge in [0.25, 0.3) is 0 Å². The summed E-state index contributed by atoms with van der Waals surface area (Å²) in [4.78, 5) is 0. The minimum absolute atomic E-state index is 0.114. The zero-order valence-corrected chi connectivity index (χ0v) is 12.3. The fourth-order valence-corrected chi connectivity index (χ4v) is 2.30. The minimum atomic E-state index is 0.114. The topological polar surface area (TPSA) is 47.3 Å². The second-order valence-corrected chi connectivity index (χ2v) is 4.95. The van der Waals surface area contributed by atoms with E-state index in [4.69, 9.17) is 10.5 Å². The maximum atomic E-state index is 5.94. The van der Waals surface area contributed by atoms with Gasteiger partial charge < -0.3 is 15.8 Å². The third kappa shape index (κ3) is 3.11. The third-order valence-corrected chi connectivity index (χ3v) is 3.69. The SMILES string of the molecule is COc1ccc(NC(CN)c2cccc(C)c2C)cc1. The van der Waals surface area contributed by atoms with Crippen LogP contribution >= 0.6 is 0 Å². The van der Waals surface area contributed by atoms with Crippen LogP contribution in [0.5, 0.6) is 5.75 Å². The number of aryl methyl sites for hydroxylation is 1. The quantitative estimate of drug-likeness (QED) is 0.875. The maximum Gasteiger partial charge on any atom is 0.119 e. The lowest BCUT2D eigenvalue weighted by Crippen LogP contribution is -2.21. The van der Waals surface area contributed by atoms with Crippen LogP contribution in [0.15, 0.2) is 42.5 Å². The summed E-state index contributed by atoms with van der Waals surface area (Å²) in [5, 5.41) is 3.48. The summed E-state index contributed by atoms with van der Waals surface area (Å²) < 4.78 is 5.17. The van der Waals surface area contributed by atoms with Crippen LogP contribution in [-0.2, 0) is 0 Å². The van der Waals surface area contributed by atoms with Gasteiger partial charge in [-0.15, -0.1) is 0 Å². The number of hydrogen-bond donors (Lipinski definition) is 2. The molecule has 0 aliphatic carbocycles. The van der Waals surface area contributed by atoms with Gasteiger partial charge in [0.2, 0.25) is 0 Å². The lowest BCUT2D eigenvalue weighted by molar-refractivity contribution is 0.415. The lowest BCUT2D eigenvalue weighted by Gasteiger charge is -2.21. The normalized spacial score (nSPS) is 12.0. The molecule has 0 saturated heterocycles. The van der Waals surface area contributed by atoms with Gasteiger partial charge in [0.1, 0.15) is 5.75 Å². The van der Waals surface area contributed by atoms with E-state index in [1.807, 2.05) is 24.3 Å². The highest BCUT2D eigenvalue weighted by Gasteiger charge is 2.12. The van der Waals surface area contributed by atoms with Crippen molar-refractivity contribution < 1.29 is 4.74 Å². The third-order valence-electron chi connectivity index (χ3n) is 3.69. The summed E-state index contributed by atoms with van der Waals surface area (Å²) in [5.41, 5.74) is 10.8. The zero-order chi connectivity index (χ0) is 14.5. The van der Waals surface area contributed by atoms with Crippen molar-refractivity contribution in [3.8, 4) is 5.75 Å². The zero-order valence-electron chi connectivity index (χ0n) is 12.3. The number of methoxy groups -OCH3 is 1. The lowest BCUT2D eigenvalue weighted by atomic mass is 9.97. The molecule has 0 spiro atoms. The van der Waals surface area contributed by atoms with E-state index in [1.165, 1.54) is 16.7 Å². The minimum Gasteiger partial charge on any atom is -0.497 e. The van der Waals surface area contributed by atoms with Gasteiger partial charge in [-0.1, -0.05) is 18.2 Å². The fourth-order valence-electron chi connectivity index (χ4n) is 2.30. The highest BCUT2D eigenvalue weighted by Crippen LogP contribution is 2.24. The molecule has 106 valence electrons. The van der Waals surface area contributed by atoms with Crippen molar-refractivity contribution in [2.45, 2.75) is 19.9 Å². The molecule has 2 rings (SSSR count). The molecular weight excluding hydrogens is 248 g/mol. The van der Waals surface area contributed by atoms with Crippen molar-refractivity contribution in [3.05, 3.63) is 59.2 Å². The molecule has 3 heteroatoms. The monoisotopic (exact) mass is 270 g/mol. The summed E-state index contributed by atoms with van der Waals surface area (Å²) in [5.74, 6) is 0.853. The number of rotatable bonds is 5. The van der Waals surface area contributed by atoms with Crippen LogP contribution < -0.4 is 15.8 Å². The Morgan fingerprint density at radius 3 is 2.40 bits per heavy atom. The van der Waals surface area contributed by atoms with E-state index in [-0.39, 0.29) is 6.04 Å². The smallest absolute Gasteiger partial charge is 0.119 e. The summed E-state index contributed by atoms with van der Waals surface area (Å²) >= 11 is 0. The summed E-state index contributed by atoms with van der Waals surface area (Å²) in [7, 11) is 1.67. The number of nitrogens with one attached hydrogen (secondary N) is 1. The number of benzene rings is 2. The second kappa shape index (κ2) is 6.44. The average Bonchev–Trinajstić information content (AvgIpc) is 2.48. The summed E-state index contributed by atoms with van der Waals surface area (Å²) in [6.45, 7) is 4.82. The molecule has 0 aliphatic heterocycles. The molecule has 0 saturated carbocycles. The number of ether oxygens (including phenoxy) is 1. The van der Waals surface area contributed by atoms with Crippen molar-refractivity contribution >= 4 is 5.69 Å². The number of nitrogens with two attached hydrogens (primary N) is 1. The van der Waals surface area contributed by atoms with Gasteiger partial charge in [0, 0.05) is 12.2 Å². The summed E-state index contributed by atoms with van der Waals surface area (Å²) in [6.07, 6.45) is 0. The Morgan fingerprint density at radius 1 is 1.10 bits per heavy atom. The molecule has 20 heavy (non-hydrogen) atoms. The van der Waals surface area contributed by atoms with Gasteiger partial charge in [-0.2, -0.15) is 0 Å². The first kappa shape index (κ1) is 14.4. The summed E-state index contributed by atoms with van der Waals surface area (Å²) in [6, 6.07) is 14.4. The predicted octanol–water partition coefficient (Wildman–Crippen LogP) is 3.42. The average molecular weight is 270 g/mol. The number of anilines is 1. The molecule has 3 nitrogen and oxygen atoms in total. The van der Waals surface area contributed by atoms with E-state index in [9.17, 15) is 0 Å². The second-order valence-electron chi connectivity index (χ2n) is 4.95. The molecule has 3 N–H and O–H groups in total. The molecule has 0 aromatic heterocycles. The van der Waals surface area contributed by atoms with E-state index < -0.39 is 0 Å². The molecular formula is C17H22N2O. The van der Waals surface area contributed by atoms with Crippen molar-refractivity contribution in [1.29, 1.82) is 0 Å². The highest BCUT2D eigenvalue weighted by atomic mass is 16.5. The highest BCUT2D eigenvalue weighted by molar-refractivity contribution is 5.49. The molecule has 0 aliphatic rings. The van der Waals surface area contributed by atoms with Crippen LogP contribution in [0, 0.1) is 13.8 Å². The Kier molecular flexibility index (Phi) is 4.64. The predicted molar refractivity (Wildman–Crippen MR) is 84.3 cm³/mol. The van der Waals surface area contributed by atoms with Crippen LogP contribution in [0.4, 0.5) is 5.69 Å². The number of hydrogen-bond acceptors (Lipinski definition) is 3. The molecule has 1 unspecified atom stereocenters. The molecule has 0 radical (unpaired) electrons. The van der Waals surface area contributed by atoms with Crippen molar-refractivity contribution in [3.63, 3.8) is 0 Å². The van der Waals surface area contributed by atoms with E-state index in [0.29, 0.717) is 6.54 Å². The van der Waals surface area contributed by atoms with Crippen LogP contribution in [0.2, 0.25) is 0 Å². The van der Waals surface area contributed by atoms with Crippen LogP contribution in [0.3, 0.4) is 0 Å². The first-order valence-electron chi connectivity index (χ1n) is 6.82. The van der Waals surface area contributed by atoms with Crippen LogP contribution in [0.1, 0.15) is 22.7 Å². The van der Waals surface area contributed by atoms with Gasteiger partial charge in [-0.05, 0) is 54.8 Å². The Bertz CT molecular complexity index is 564.